The van der Waals surface area contributed by atoms with Crippen LogP contribution in [-0.4, -0.2) is 95.4 Å². The van der Waals surface area contributed by atoms with Crippen LogP contribution in [0.1, 0.15) is 103 Å². The van der Waals surface area contributed by atoms with Crippen molar-refractivity contribution >= 4 is 39.7 Å². The molecule has 310 valence electrons. The van der Waals surface area contributed by atoms with Crippen LogP contribution < -0.4 is 20.7 Å². The lowest BCUT2D eigenvalue weighted by Crippen LogP contribution is -2.60. The van der Waals surface area contributed by atoms with Crippen LogP contribution >= 0.6 is 0 Å². The maximum atomic E-state index is 14.9. The van der Waals surface area contributed by atoms with Crippen molar-refractivity contribution in [2.75, 3.05) is 19.6 Å². The highest BCUT2D eigenvalue weighted by Crippen LogP contribution is 2.88. The van der Waals surface area contributed by atoms with Crippen LogP contribution in [0.4, 0.5) is 0 Å². The molecule has 14 nitrogen and oxygen atoms in total. The van der Waals surface area contributed by atoms with Crippen LogP contribution in [-0.2, 0) is 40.6 Å². The lowest BCUT2D eigenvalue weighted by atomic mass is 9.73. The molecular formula is C42H59N7O7S. The minimum Gasteiger partial charge on any atom is -0.344 e. The van der Waals surface area contributed by atoms with Crippen molar-refractivity contribution in [2.45, 2.75) is 128 Å². The first kappa shape index (κ1) is 41.1. The van der Waals surface area contributed by atoms with E-state index in [1.165, 1.54) is 4.31 Å². The van der Waals surface area contributed by atoms with E-state index in [2.05, 4.69) is 52.7 Å². The zero-order chi connectivity index (χ0) is 41.0. The normalized spacial score (nSPS) is 29.8. The molecule has 2 aliphatic heterocycles. The largest absolute Gasteiger partial charge is 0.344 e. The van der Waals surface area contributed by atoms with Crippen LogP contribution in [0.15, 0.2) is 49.3 Å². The van der Waals surface area contributed by atoms with Gasteiger partial charge in [-0.25, -0.2) is 4.72 Å². The summed E-state index contributed by atoms with van der Waals surface area (Å²) in [5, 5.41) is 8.84. The summed E-state index contributed by atoms with van der Waals surface area (Å²) in [6.45, 7) is 14.9. The van der Waals surface area contributed by atoms with E-state index < -0.39 is 63.4 Å². The number of amides is 5. The van der Waals surface area contributed by atoms with Crippen LogP contribution in [0.5, 0.6) is 0 Å². The average Bonchev–Trinajstić information content (AvgIpc) is 3.62. The maximum absolute atomic E-state index is 14.9. The summed E-state index contributed by atoms with van der Waals surface area (Å²) in [5.41, 5.74) is -0.958. The Morgan fingerprint density at radius 1 is 0.947 bits per heavy atom. The van der Waals surface area contributed by atoms with Gasteiger partial charge < -0.3 is 20.9 Å². The van der Waals surface area contributed by atoms with E-state index in [9.17, 15) is 32.4 Å². The minimum atomic E-state index is -4.11. The maximum Gasteiger partial charge on any atom is 0.303 e. The van der Waals surface area contributed by atoms with Gasteiger partial charge in [0.1, 0.15) is 23.7 Å². The standard InChI is InChI=1S/C42H59N7O7S/c1-6-30-24-42(30,38(54)47-57(55,56)48-21-10-11-22-48)46-35(51)31-25-41(39(4,5)40(41)17-12-18-40)26-49(31)37(53)33(27(2)3)45-36(52)34(29-13-8-7-9-14-29)44-32(50)23-28-15-19-43-20-16-28/h6,15-16,19-20,29-31,33-34H,1-2,7-14,17-18,21-26H2,3-5H3,(H,44,50)(H,45,52)(H,46,51)(H,47,54)/t30-,31+,33+,34+,41-,42-/m1/s1. The molecule has 0 unspecified atom stereocenters. The van der Waals surface area contributed by atoms with E-state index in [0.29, 0.717) is 44.5 Å². The second kappa shape index (κ2) is 15.2. The number of carbonyl (C=O) groups is 5. The third-order valence-corrected chi connectivity index (χ3v) is 16.4. The van der Waals surface area contributed by atoms with Crippen molar-refractivity contribution in [3.05, 3.63) is 54.9 Å². The fourth-order valence-electron chi connectivity index (χ4n) is 11.2. The van der Waals surface area contributed by atoms with E-state index in [1.807, 2.05) is 0 Å². The summed E-state index contributed by atoms with van der Waals surface area (Å²) in [4.78, 5) is 76.5. The molecule has 7 rings (SSSR count). The van der Waals surface area contributed by atoms with Crippen LogP contribution in [0, 0.1) is 28.1 Å². The van der Waals surface area contributed by atoms with Crippen molar-refractivity contribution in [1.29, 1.82) is 0 Å². The van der Waals surface area contributed by atoms with E-state index in [1.54, 1.807) is 42.4 Å². The summed E-state index contributed by atoms with van der Waals surface area (Å²) in [6, 6.07) is 0.451. The molecule has 15 heteroatoms. The molecule has 3 heterocycles. The molecule has 0 radical (unpaired) electrons. The van der Waals surface area contributed by atoms with Crippen LogP contribution in [0.25, 0.3) is 0 Å². The molecule has 6 aliphatic rings. The van der Waals surface area contributed by atoms with Crippen molar-refractivity contribution < 1.29 is 32.4 Å². The van der Waals surface area contributed by atoms with Gasteiger partial charge in [0.2, 0.25) is 23.6 Å². The van der Waals surface area contributed by atoms with E-state index in [4.69, 9.17) is 0 Å². The predicted molar refractivity (Wildman–Crippen MR) is 213 cm³/mol. The third kappa shape index (κ3) is 7.10. The zero-order valence-corrected chi connectivity index (χ0v) is 34.4. The Labute approximate surface area is 336 Å². The monoisotopic (exact) mass is 805 g/mol. The molecule has 4 saturated carbocycles. The summed E-state index contributed by atoms with van der Waals surface area (Å²) < 4.78 is 29.7. The fraction of sp³-hybridized carbons (Fsp3) is 0.667. The highest BCUT2D eigenvalue weighted by molar-refractivity contribution is 7.87. The molecule has 0 aromatic carbocycles. The number of rotatable bonds is 14. The summed E-state index contributed by atoms with van der Waals surface area (Å²) >= 11 is 0. The Bertz CT molecular complexity index is 1920. The average molecular weight is 806 g/mol. The van der Waals surface area contributed by atoms with Gasteiger partial charge in [0.05, 0.1) is 6.42 Å². The summed E-state index contributed by atoms with van der Waals surface area (Å²) in [7, 11) is -4.11. The SMILES string of the molecule is C=C[C@@H]1C[C@]1(NC(=O)[C@@H]1C[C@@]2(CN1C(=O)[C@@H](NC(=O)[C@@H](NC(=O)Cc1ccncc1)C1CCCCC1)C(=C)C)C(C)(C)C21CCC1)C(=O)NS(=O)(=O)N1CCCC1. The molecule has 2 spiro atoms. The zero-order valence-electron chi connectivity index (χ0n) is 33.6. The van der Waals surface area contributed by atoms with Gasteiger partial charge in [-0.2, -0.15) is 12.7 Å². The number of fused-ring (bicyclic) bond motifs is 1. The van der Waals surface area contributed by atoms with Gasteiger partial charge in [0.25, 0.3) is 5.91 Å². The van der Waals surface area contributed by atoms with Gasteiger partial charge in [-0.15, -0.1) is 6.58 Å². The van der Waals surface area contributed by atoms with Gasteiger partial charge in [0, 0.05) is 43.4 Å². The first-order valence-electron chi connectivity index (χ1n) is 20.7. The molecule has 5 amide bonds. The number of pyridine rings is 1. The lowest BCUT2D eigenvalue weighted by Gasteiger charge is -2.34. The molecular weight excluding hydrogens is 747 g/mol. The number of nitrogens with one attached hydrogen (secondary N) is 4. The van der Waals surface area contributed by atoms with Gasteiger partial charge in [-0.3, -0.25) is 29.0 Å². The van der Waals surface area contributed by atoms with Crippen molar-refractivity contribution in [3.8, 4) is 0 Å². The highest BCUT2D eigenvalue weighted by atomic mass is 32.2. The Kier molecular flexibility index (Phi) is 11.0. The Hall–Kier alpha value is -4.11. The van der Waals surface area contributed by atoms with E-state index in [-0.39, 0.29) is 40.9 Å². The molecule has 57 heavy (non-hydrogen) atoms. The number of hydrogen-bond donors (Lipinski definition) is 4. The number of hydrogen-bond acceptors (Lipinski definition) is 8. The molecule has 6 fully saturated rings. The summed E-state index contributed by atoms with van der Waals surface area (Å²) in [5.74, 6) is -3.27. The molecule has 4 aliphatic carbocycles. The van der Waals surface area contributed by atoms with Crippen molar-refractivity contribution in [2.24, 2.45) is 28.1 Å². The molecule has 1 aromatic rings. The first-order valence-corrected chi connectivity index (χ1v) is 22.2. The van der Waals surface area contributed by atoms with Crippen molar-refractivity contribution in [3.63, 3.8) is 0 Å². The Balaban J connectivity index is 1.13. The topological polar surface area (TPSA) is 187 Å². The number of carbonyl (C=O) groups excluding carboxylic acids is 5. The fourth-order valence-corrected chi connectivity index (χ4v) is 12.5. The number of aromatic nitrogens is 1. The molecule has 6 atom stereocenters. The van der Waals surface area contributed by atoms with Crippen LogP contribution in [0.2, 0.25) is 0 Å². The highest BCUT2D eigenvalue weighted by Gasteiger charge is 2.85. The number of nitrogens with zero attached hydrogens (tertiary/aromatic N) is 3. The molecule has 0 bridgehead atoms. The lowest BCUT2D eigenvalue weighted by molar-refractivity contribution is -0.142. The third-order valence-electron chi connectivity index (χ3n) is 14.9. The van der Waals surface area contributed by atoms with Crippen LogP contribution in [0.3, 0.4) is 0 Å². The number of likely N-dealkylation sites (tertiary alicyclic amines) is 1. The predicted octanol–water partition coefficient (Wildman–Crippen LogP) is 3.07. The van der Waals surface area contributed by atoms with Gasteiger partial charge >= 0.3 is 10.2 Å². The van der Waals surface area contributed by atoms with E-state index >= 15 is 0 Å². The van der Waals surface area contributed by atoms with Gasteiger partial charge in [0.15, 0.2) is 0 Å². The van der Waals surface area contributed by atoms with E-state index in [0.717, 1.165) is 56.9 Å². The van der Waals surface area contributed by atoms with Crippen molar-refractivity contribution in [1.82, 2.24) is 34.9 Å². The molecule has 4 N–H and O–H groups in total. The first-order chi connectivity index (χ1) is 27.0. The smallest absolute Gasteiger partial charge is 0.303 e. The Morgan fingerprint density at radius 2 is 1.61 bits per heavy atom. The quantitative estimate of drug-likeness (QED) is 0.207. The molecule has 2 saturated heterocycles. The van der Waals surface area contributed by atoms with Gasteiger partial charge in [-0.05, 0) is 98.3 Å². The van der Waals surface area contributed by atoms with Gasteiger partial charge in [-0.1, -0.05) is 52.2 Å². The Morgan fingerprint density at radius 3 is 2.18 bits per heavy atom. The second-order valence-corrected chi connectivity index (χ2v) is 19.8. The summed E-state index contributed by atoms with van der Waals surface area (Å²) in [6.07, 6.45) is 14.2. The molecule has 1 aromatic heterocycles. The minimum absolute atomic E-state index is 0.0389. The second-order valence-electron chi connectivity index (χ2n) is 18.1.